The molecule has 0 atom stereocenters. The lowest BCUT2D eigenvalue weighted by Crippen LogP contribution is -2.08. The van der Waals surface area contributed by atoms with Crippen LogP contribution in [-0.2, 0) is 0 Å². The number of aromatic nitrogens is 4. The lowest BCUT2D eigenvalue weighted by molar-refractivity contribution is 0.876. The largest absolute Gasteiger partial charge is 0.291 e. The zero-order chi connectivity index (χ0) is 12.8. The number of nitrogens with zero attached hydrogens (tertiary/aromatic N) is 3. The molecule has 19 heavy (non-hydrogen) atoms. The molecular formula is C13H8N4OS. The molecule has 0 saturated carbocycles. The number of aromatic amines is 1. The van der Waals surface area contributed by atoms with Gasteiger partial charge in [0.05, 0.1) is 5.52 Å². The van der Waals surface area contributed by atoms with Gasteiger partial charge in [0.25, 0.3) is 5.56 Å². The van der Waals surface area contributed by atoms with Gasteiger partial charge < -0.3 is 0 Å². The number of H-pyrrole nitrogens is 1. The molecule has 0 spiro atoms. The minimum absolute atomic E-state index is 0.205. The van der Waals surface area contributed by atoms with Crippen molar-refractivity contribution in [1.82, 2.24) is 19.8 Å². The summed E-state index contributed by atoms with van der Waals surface area (Å²) in [5, 5.41) is 9.07. The summed E-state index contributed by atoms with van der Waals surface area (Å²) in [6, 6.07) is 11.6. The summed E-state index contributed by atoms with van der Waals surface area (Å²) in [4.78, 5) is 16.1. The van der Waals surface area contributed by atoms with E-state index in [1.807, 2.05) is 41.8 Å². The molecule has 0 radical (unpaired) electrons. The van der Waals surface area contributed by atoms with Gasteiger partial charge in [-0.3, -0.25) is 4.79 Å². The Morgan fingerprint density at radius 1 is 1.16 bits per heavy atom. The van der Waals surface area contributed by atoms with Gasteiger partial charge in [0.1, 0.15) is 10.4 Å². The molecular weight excluding hydrogens is 260 g/mol. The molecule has 3 aromatic heterocycles. The van der Waals surface area contributed by atoms with Crippen molar-refractivity contribution >= 4 is 27.2 Å². The Morgan fingerprint density at radius 2 is 2.00 bits per heavy atom. The average Bonchev–Trinajstić information content (AvgIpc) is 3.05. The van der Waals surface area contributed by atoms with Crippen LogP contribution in [-0.4, -0.2) is 19.8 Å². The van der Waals surface area contributed by atoms with Gasteiger partial charge in [-0.05, 0) is 11.4 Å². The molecule has 5 nitrogen and oxygen atoms in total. The van der Waals surface area contributed by atoms with Crippen LogP contribution in [0.25, 0.3) is 27.1 Å². The first-order valence-corrected chi connectivity index (χ1v) is 6.62. The van der Waals surface area contributed by atoms with Crippen molar-refractivity contribution in [2.75, 3.05) is 0 Å². The van der Waals surface area contributed by atoms with Crippen molar-refractivity contribution < 1.29 is 0 Å². The Hall–Kier alpha value is -2.47. The Balaban J connectivity index is 2.15. The van der Waals surface area contributed by atoms with Crippen LogP contribution < -0.4 is 5.56 Å². The number of hydrogen-bond donors (Lipinski definition) is 1. The van der Waals surface area contributed by atoms with Crippen LogP contribution >= 0.6 is 11.3 Å². The maximum atomic E-state index is 12.0. The molecule has 4 aromatic rings. The second kappa shape index (κ2) is 3.76. The normalized spacial score (nSPS) is 11.4. The Bertz CT molecular complexity index is 936. The van der Waals surface area contributed by atoms with Crippen molar-refractivity contribution in [3.63, 3.8) is 0 Å². The molecule has 0 aliphatic rings. The van der Waals surface area contributed by atoms with E-state index in [0.29, 0.717) is 16.0 Å². The second-order valence-corrected chi connectivity index (χ2v) is 5.05. The van der Waals surface area contributed by atoms with E-state index in [1.165, 1.54) is 11.3 Å². The highest BCUT2D eigenvalue weighted by Gasteiger charge is 2.13. The number of rotatable bonds is 1. The first-order chi connectivity index (χ1) is 9.34. The first-order valence-electron chi connectivity index (χ1n) is 5.74. The molecule has 92 valence electrons. The molecule has 0 aliphatic heterocycles. The van der Waals surface area contributed by atoms with Crippen LogP contribution in [0, 0.1) is 0 Å². The predicted molar refractivity (Wildman–Crippen MR) is 74.4 cm³/mol. The van der Waals surface area contributed by atoms with Crippen LogP contribution in [0.5, 0.6) is 0 Å². The molecule has 0 bridgehead atoms. The predicted octanol–water partition coefficient (Wildman–Crippen LogP) is 2.30. The van der Waals surface area contributed by atoms with E-state index in [4.69, 9.17) is 0 Å². The van der Waals surface area contributed by atoms with E-state index >= 15 is 0 Å². The fraction of sp³-hybridized carbons (Fsp3) is 0. The molecule has 0 fully saturated rings. The smallest absolute Gasteiger partial charge is 0.266 e. The van der Waals surface area contributed by atoms with E-state index in [9.17, 15) is 4.79 Å². The topological polar surface area (TPSA) is 63.0 Å². The van der Waals surface area contributed by atoms with Gasteiger partial charge in [-0.2, -0.15) is 10.1 Å². The molecule has 0 aliphatic carbocycles. The zero-order valence-electron chi connectivity index (χ0n) is 9.70. The Kier molecular flexibility index (Phi) is 2.07. The molecule has 1 aromatic carbocycles. The number of hydrogen-bond acceptors (Lipinski definition) is 4. The van der Waals surface area contributed by atoms with E-state index in [0.717, 1.165) is 11.1 Å². The summed E-state index contributed by atoms with van der Waals surface area (Å²) in [6.45, 7) is 0. The van der Waals surface area contributed by atoms with Gasteiger partial charge in [-0.15, -0.1) is 11.3 Å². The second-order valence-electron chi connectivity index (χ2n) is 4.14. The SMILES string of the molecule is O=c1nc2c(-c3ccccc3)n[nH]n2c2ccsc12. The standard InChI is InChI=1S/C13H8N4OS/c18-13-11-9(6-7-19-11)17-12(14-13)10(15-16-17)8-4-2-1-3-5-8/h1-7,16H. The zero-order valence-corrected chi connectivity index (χ0v) is 10.5. The monoisotopic (exact) mass is 268 g/mol. The Morgan fingerprint density at radius 3 is 2.84 bits per heavy atom. The van der Waals surface area contributed by atoms with E-state index in [-0.39, 0.29) is 5.56 Å². The van der Waals surface area contributed by atoms with Crippen LogP contribution in [0.4, 0.5) is 0 Å². The highest BCUT2D eigenvalue weighted by atomic mass is 32.1. The molecule has 1 N–H and O–H groups in total. The highest BCUT2D eigenvalue weighted by molar-refractivity contribution is 7.17. The maximum absolute atomic E-state index is 12.0. The van der Waals surface area contributed by atoms with Crippen molar-refractivity contribution in [3.8, 4) is 11.3 Å². The van der Waals surface area contributed by atoms with Gasteiger partial charge in [0.15, 0.2) is 5.65 Å². The van der Waals surface area contributed by atoms with E-state index in [1.54, 1.807) is 4.52 Å². The van der Waals surface area contributed by atoms with Crippen LogP contribution in [0.1, 0.15) is 0 Å². The molecule has 3 heterocycles. The van der Waals surface area contributed by atoms with Crippen LogP contribution in [0.15, 0.2) is 46.6 Å². The third-order valence-corrected chi connectivity index (χ3v) is 3.91. The Labute approximate surface area is 111 Å². The highest BCUT2D eigenvalue weighted by Crippen LogP contribution is 2.23. The summed E-state index contributed by atoms with van der Waals surface area (Å²) in [5.41, 5.74) is 2.79. The van der Waals surface area contributed by atoms with Gasteiger partial charge in [-0.25, -0.2) is 9.73 Å². The van der Waals surface area contributed by atoms with Gasteiger partial charge in [0, 0.05) is 5.56 Å². The maximum Gasteiger partial charge on any atom is 0.291 e. The van der Waals surface area contributed by atoms with Gasteiger partial charge in [-0.1, -0.05) is 30.3 Å². The number of benzene rings is 1. The third-order valence-electron chi connectivity index (χ3n) is 3.02. The quantitative estimate of drug-likeness (QED) is 0.576. The van der Waals surface area contributed by atoms with Crippen molar-refractivity contribution in [2.24, 2.45) is 0 Å². The summed E-state index contributed by atoms with van der Waals surface area (Å²) in [7, 11) is 0. The molecule has 0 saturated heterocycles. The third kappa shape index (κ3) is 1.43. The molecule has 0 unspecified atom stereocenters. The number of nitrogens with one attached hydrogen (secondary N) is 1. The molecule has 4 rings (SSSR count). The average molecular weight is 268 g/mol. The van der Waals surface area contributed by atoms with Crippen molar-refractivity contribution in [3.05, 3.63) is 52.1 Å². The molecule has 0 amide bonds. The minimum atomic E-state index is -0.205. The van der Waals surface area contributed by atoms with Crippen molar-refractivity contribution in [2.45, 2.75) is 0 Å². The van der Waals surface area contributed by atoms with E-state index in [2.05, 4.69) is 15.3 Å². The summed E-state index contributed by atoms with van der Waals surface area (Å²) >= 11 is 1.39. The fourth-order valence-corrected chi connectivity index (χ4v) is 2.91. The fourth-order valence-electron chi connectivity index (χ4n) is 2.15. The van der Waals surface area contributed by atoms with Crippen LogP contribution in [0.2, 0.25) is 0 Å². The van der Waals surface area contributed by atoms with Crippen molar-refractivity contribution in [1.29, 1.82) is 0 Å². The lowest BCUT2D eigenvalue weighted by atomic mass is 10.2. The summed E-state index contributed by atoms with van der Waals surface area (Å²) < 4.78 is 2.39. The summed E-state index contributed by atoms with van der Waals surface area (Å²) in [5.74, 6) is 0. The number of fused-ring (bicyclic) bond motifs is 3. The first kappa shape index (κ1) is 10.5. The van der Waals surface area contributed by atoms with E-state index < -0.39 is 0 Å². The van der Waals surface area contributed by atoms with Gasteiger partial charge in [0.2, 0.25) is 0 Å². The lowest BCUT2D eigenvalue weighted by Gasteiger charge is -1.97. The minimum Gasteiger partial charge on any atom is -0.266 e. The molecule has 6 heteroatoms. The number of thiophene rings is 1. The van der Waals surface area contributed by atoms with Gasteiger partial charge >= 0.3 is 0 Å². The van der Waals surface area contributed by atoms with Crippen LogP contribution in [0.3, 0.4) is 0 Å². The summed E-state index contributed by atoms with van der Waals surface area (Å²) in [6.07, 6.45) is 0.